The summed E-state index contributed by atoms with van der Waals surface area (Å²) in [6.07, 6.45) is 0. The molecule has 4 rings (SSSR count). The molecule has 0 bridgehead atoms. The molecule has 0 unspecified atom stereocenters. The lowest BCUT2D eigenvalue weighted by molar-refractivity contribution is -0.921. The molecule has 2 aromatic carbocycles. The van der Waals surface area contributed by atoms with Crippen molar-refractivity contribution < 1.29 is 14.4 Å². The van der Waals surface area contributed by atoms with E-state index in [4.69, 9.17) is 4.74 Å². The number of amides is 1. The monoisotopic (exact) mass is 351 g/mol. The average molecular weight is 351 g/mol. The van der Waals surface area contributed by atoms with Gasteiger partial charge >= 0.3 is 0 Å². The molecule has 3 N–H and O–H groups in total. The van der Waals surface area contributed by atoms with Gasteiger partial charge < -0.3 is 15.0 Å². The lowest BCUT2D eigenvalue weighted by atomic mass is 10.1. The minimum absolute atomic E-state index is 0.157. The van der Waals surface area contributed by atoms with E-state index in [9.17, 15) is 4.79 Å². The van der Waals surface area contributed by atoms with Gasteiger partial charge in [-0.05, 0) is 11.6 Å². The summed E-state index contributed by atoms with van der Waals surface area (Å²) in [5.41, 5.74) is 3.74. The lowest BCUT2D eigenvalue weighted by Crippen LogP contribution is -3.12. The molecule has 134 valence electrons. The van der Waals surface area contributed by atoms with Gasteiger partial charge in [-0.1, -0.05) is 42.5 Å². The van der Waals surface area contributed by atoms with Crippen LogP contribution in [0.3, 0.4) is 0 Å². The molecule has 0 spiro atoms. The van der Waals surface area contributed by atoms with Gasteiger partial charge in [0, 0.05) is 17.5 Å². The number of H-pyrrole nitrogens is 1. The van der Waals surface area contributed by atoms with Crippen LogP contribution in [0.4, 0.5) is 0 Å². The second-order valence-corrected chi connectivity index (χ2v) is 6.61. The molecule has 0 aliphatic carbocycles. The van der Waals surface area contributed by atoms with Crippen molar-refractivity contribution in [1.29, 1.82) is 0 Å². The molecular formula is C20H23N4O2+. The van der Waals surface area contributed by atoms with Crippen LogP contribution in [0, 0.1) is 0 Å². The highest BCUT2D eigenvalue weighted by Crippen LogP contribution is 2.15. The molecule has 6 nitrogen and oxygen atoms in total. The van der Waals surface area contributed by atoms with Gasteiger partial charge in [-0.25, -0.2) is 0 Å². The Labute approximate surface area is 152 Å². The zero-order valence-corrected chi connectivity index (χ0v) is 14.6. The molecule has 1 amide bonds. The number of benzene rings is 2. The number of aromatic amines is 1. The Bertz CT molecular complexity index is 899. The van der Waals surface area contributed by atoms with E-state index in [0.29, 0.717) is 12.2 Å². The number of quaternary nitrogens is 1. The topological polar surface area (TPSA) is 71.4 Å². The van der Waals surface area contributed by atoms with Crippen LogP contribution in [0.1, 0.15) is 21.6 Å². The van der Waals surface area contributed by atoms with Gasteiger partial charge in [-0.15, -0.1) is 0 Å². The summed E-state index contributed by atoms with van der Waals surface area (Å²) in [4.78, 5) is 14.1. The zero-order chi connectivity index (χ0) is 17.8. The highest BCUT2D eigenvalue weighted by molar-refractivity contribution is 6.04. The van der Waals surface area contributed by atoms with E-state index in [1.807, 2.05) is 30.3 Å². The molecule has 0 radical (unpaired) electrons. The van der Waals surface area contributed by atoms with Crippen molar-refractivity contribution in [3.05, 3.63) is 65.4 Å². The lowest BCUT2D eigenvalue weighted by Gasteiger charge is -2.24. The van der Waals surface area contributed by atoms with E-state index in [1.165, 1.54) is 10.5 Å². The van der Waals surface area contributed by atoms with E-state index >= 15 is 0 Å². The number of nitrogens with one attached hydrogen (secondary N) is 3. The minimum atomic E-state index is -0.157. The van der Waals surface area contributed by atoms with Gasteiger partial charge in [0.1, 0.15) is 19.6 Å². The minimum Gasteiger partial charge on any atom is -0.370 e. The summed E-state index contributed by atoms with van der Waals surface area (Å²) in [7, 11) is 0. The number of hydrogen-bond donors (Lipinski definition) is 3. The second-order valence-electron chi connectivity index (χ2n) is 6.61. The number of hydrogen-bond acceptors (Lipinski definition) is 3. The van der Waals surface area contributed by atoms with Crippen molar-refractivity contribution in [3.63, 3.8) is 0 Å². The Kier molecular flexibility index (Phi) is 4.95. The van der Waals surface area contributed by atoms with Crippen LogP contribution >= 0.6 is 0 Å². The van der Waals surface area contributed by atoms with E-state index in [1.54, 1.807) is 0 Å². The molecule has 0 saturated carbocycles. The number of morpholine rings is 1. The first-order chi connectivity index (χ1) is 12.8. The summed E-state index contributed by atoms with van der Waals surface area (Å²) >= 11 is 0. The van der Waals surface area contributed by atoms with Crippen LogP contribution < -0.4 is 10.2 Å². The maximum Gasteiger partial charge on any atom is 0.272 e. The Balaban J connectivity index is 1.45. The third-order valence-electron chi connectivity index (χ3n) is 4.88. The first-order valence-electron chi connectivity index (χ1n) is 9.00. The Morgan fingerprint density at radius 2 is 1.81 bits per heavy atom. The average Bonchev–Trinajstić information content (AvgIpc) is 3.12. The van der Waals surface area contributed by atoms with E-state index in [2.05, 4.69) is 33.7 Å². The van der Waals surface area contributed by atoms with Gasteiger partial charge in [-0.2, -0.15) is 5.10 Å². The predicted octanol–water partition coefficient (Wildman–Crippen LogP) is 0.908. The number of para-hydroxylation sites is 1. The van der Waals surface area contributed by atoms with Crippen LogP contribution in [0.25, 0.3) is 10.9 Å². The third kappa shape index (κ3) is 3.61. The fourth-order valence-corrected chi connectivity index (χ4v) is 3.40. The molecular weight excluding hydrogens is 328 g/mol. The second kappa shape index (κ2) is 7.68. The largest absolute Gasteiger partial charge is 0.370 e. The SMILES string of the molecule is O=C(NCc1ccccc1C[NH+]1CCOCC1)c1n[nH]c2ccccc12. The Morgan fingerprint density at radius 3 is 2.65 bits per heavy atom. The summed E-state index contributed by atoms with van der Waals surface area (Å²) in [5, 5.41) is 10.9. The molecule has 1 saturated heterocycles. The quantitative estimate of drug-likeness (QED) is 0.640. The first-order valence-corrected chi connectivity index (χ1v) is 9.00. The van der Waals surface area contributed by atoms with Crippen molar-refractivity contribution in [2.45, 2.75) is 13.1 Å². The number of aromatic nitrogens is 2. The van der Waals surface area contributed by atoms with Gasteiger partial charge in [0.2, 0.25) is 0 Å². The van der Waals surface area contributed by atoms with Crippen LogP contribution in [-0.2, 0) is 17.8 Å². The molecule has 6 heteroatoms. The fourth-order valence-electron chi connectivity index (χ4n) is 3.40. The molecule has 26 heavy (non-hydrogen) atoms. The van der Waals surface area contributed by atoms with E-state index < -0.39 is 0 Å². The summed E-state index contributed by atoms with van der Waals surface area (Å²) in [6, 6.07) is 16.0. The van der Waals surface area contributed by atoms with Crippen LogP contribution in [0.15, 0.2) is 48.5 Å². The summed E-state index contributed by atoms with van der Waals surface area (Å²) in [5.74, 6) is -0.157. The molecule has 1 aromatic heterocycles. The van der Waals surface area contributed by atoms with Crippen LogP contribution in [0.2, 0.25) is 0 Å². The van der Waals surface area contributed by atoms with Crippen molar-refractivity contribution in [3.8, 4) is 0 Å². The maximum absolute atomic E-state index is 12.6. The van der Waals surface area contributed by atoms with Crippen molar-refractivity contribution in [2.75, 3.05) is 26.3 Å². The molecule has 2 heterocycles. The standard InChI is InChI=1S/C20H22N4O2/c25-20(19-17-7-3-4-8-18(17)22-23-19)21-13-15-5-1-2-6-16(15)14-24-9-11-26-12-10-24/h1-8H,9-14H2,(H,21,25)(H,22,23)/p+1. The number of ether oxygens (including phenoxy) is 1. The van der Waals surface area contributed by atoms with Crippen LogP contribution in [0.5, 0.6) is 0 Å². The highest BCUT2D eigenvalue weighted by Gasteiger charge is 2.17. The normalized spacial score (nSPS) is 15.2. The van der Waals surface area contributed by atoms with Crippen LogP contribution in [-0.4, -0.2) is 42.4 Å². The zero-order valence-electron chi connectivity index (χ0n) is 14.6. The summed E-state index contributed by atoms with van der Waals surface area (Å²) in [6.45, 7) is 5.15. The number of rotatable bonds is 5. The van der Waals surface area contributed by atoms with Gasteiger partial charge in [-0.3, -0.25) is 9.89 Å². The molecule has 1 fully saturated rings. The highest BCUT2D eigenvalue weighted by atomic mass is 16.5. The van der Waals surface area contributed by atoms with Gasteiger partial charge in [0.15, 0.2) is 5.69 Å². The summed E-state index contributed by atoms with van der Waals surface area (Å²) < 4.78 is 5.44. The van der Waals surface area contributed by atoms with Crippen molar-refractivity contribution in [2.24, 2.45) is 0 Å². The molecule has 0 atom stereocenters. The molecule has 3 aromatic rings. The maximum atomic E-state index is 12.6. The van der Waals surface area contributed by atoms with Crippen molar-refractivity contribution in [1.82, 2.24) is 15.5 Å². The Hall–Kier alpha value is -2.70. The number of fused-ring (bicyclic) bond motifs is 1. The fraction of sp³-hybridized carbons (Fsp3) is 0.300. The van der Waals surface area contributed by atoms with E-state index in [0.717, 1.165) is 49.3 Å². The number of nitrogens with zero attached hydrogens (tertiary/aromatic N) is 1. The number of carbonyl (C=O) groups excluding carboxylic acids is 1. The van der Waals surface area contributed by atoms with Crippen molar-refractivity contribution >= 4 is 16.8 Å². The molecule has 1 aliphatic heterocycles. The smallest absolute Gasteiger partial charge is 0.272 e. The Morgan fingerprint density at radius 1 is 1.08 bits per heavy atom. The van der Waals surface area contributed by atoms with Gasteiger partial charge in [0.05, 0.1) is 18.7 Å². The predicted molar refractivity (Wildman–Crippen MR) is 98.9 cm³/mol. The van der Waals surface area contributed by atoms with E-state index in [-0.39, 0.29) is 5.91 Å². The number of carbonyl (C=O) groups is 1. The van der Waals surface area contributed by atoms with Gasteiger partial charge in [0.25, 0.3) is 5.91 Å². The third-order valence-corrected chi connectivity index (χ3v) is 4.88. The first kappa shape index (κ1) is 16.8. The molecule has 1 aliphatic rings.